The number of aryl methyl sites for hydroxylation is 1. The summed E-state index contributed by atoms with van der Waals surface area (Å²) in [4.78, 5) is 14.0. The monoisotopic (exact) mass is 295 g/mol. The van der Waals surface area contributed by atoms with Crippen LogP contribution in [0.5, 0.6) is 0 Å². The molecule has 0 fully saturated rings. The Bertz CT molecular complexity index is 428. The highest BCUT2D eigenvalue weighted by atomic mass is 79.9. The van der Waals surface area contributed by atoms with Crippen LogP contribution in [0.1, 0.15) is 25.8 Å². The maximum absolute atomic E-state index is 12.1. The van der Waals surface area contributed by atoms with E-state index in [9.17, 15) is 4.79 Å². The molecule has 17 heavy (non-hydrogen) atoms. The van der Waals surface area contributed by atoms with Crippen LogP contribution in [0.4, 0.5) is 5.69 Å². The van der Waals surface area contributed by atoms with Crippen LogP contribution in [0.3, 0.4) is 0 Å². The van der Waals surface area contributed by atoms with Crippen LogP contribution in [0, 0.1) is 5.41 Å². The number of benzene rings is 1. The molecular formula is C14H18BrNO. The molecule has 2 nitrogen and oxygen atoms in total. The molecule has 0 N–H and O–H groups in total. The molecule has 1 amide bonds. The maximum Gasteiger partial charge on any atom is 0.227 e. The topological polar surface area (TPSA) is 20.3 Å². The molecule has 1 heterocycles. The molecule has 0 aromatic heterocycles. The van der Waals surface area contributed by atoms with Crippen molar-refractivity contribution in [1.82, 2.24) is 0 Å². The van der Waals surface area contributed by atoms with Gasteiger partial charge in [0, 0.05) is 24.0 Å². The standard InChI is InChI=1S/C14H18BrNO/c1-14(2,9-15)10-16-12-6-4-3-5-11(12)7-8-13(16)17/h3-6H,7-10H2,1-2H3. The number of carbonyl (C=O) groups excluding carboxylic acids is 1. The van der Waals surface area contributed by atoms with Crippen molar-refractivity contribution in [3.8, 4) is 0 Å². The normalized spacial score (nSPS) is 15.9. The lowest BCUT2D eigenvalue weighted by molar-refractivity contribution is -0.119. The van der Waals surface area contributed by atoms with E-state index < -0.39 is 0 Å². The minimum Gasteiger partial charge on any atom is -0.312 e. The molecule has 0 unspecified atom stereocenters. The molecule has 1 aromatic rings. The van der Waals surface area contributed by atoms with Crippen LogP contribution >= 0.6 is 15.9 Å². The van der Waals surface area contributed by atoms with E-state index in [1.54, 1.807) is 0 Å². The van der Waals surface area contributed by atoms with Crippen LogP contribution < -0.4 is 4.90 Å². The van der Waals surface area contributed by atoms with Crippen molar-refractivity contribution in [2.45, 2.75) is 26.7 Å². The Kier molecular flexibility index (Phi) is 3.57. The van der Waals surface area contributed by atoms with Crippen LogP contribution in [-0.2, 0) is 11.2 Å². The number of nitrogens with zero attached hydrogens (tertiary/aromatic N) is 1. The molecule has 1 aliphatic heterocycles. The van der Waals surface area contributed by atoms with Crippen molar-refractivity contribution in [2.75, 3.05) is 16.8 Å². The molecular weight excluding hydrogens is 278 g/mol. The number of fused-ring (bicyclic) bond motifs is 1. The molecule has 0 bridgehead atoms. The Balaban J connectivity index is 2.30. The summed E-state index contributed by atoms with van der Waals surface area (Å²) in [5, 5.41) is 0.895. The third-order valence-electron chi connectivity index (χ3n) is 3.14. The summed E-state index contributed by atoms with van der Waals surface area (Å²) in [5.41, 5.74) is 2.48. The lowest BCUT2D eigenvalue weighted by Crippen LogP contribution is -2.42. The molecule has 1 aliphatic rings. The predicted octanol–water partition coefficient (Wildman–Crippen LogP) is 3.39. The molecule has 92 valence electrons. The number of carbonyl (C=O) groups is 1. The zero-order valence-electron chi connectivity index (χ0n) is 10.4. The highest BCUT2D eigenvalue weighted by molar-refractivity contribution is 9.09. The first kappa shape index (κ1) is 12.6. The second-order valence-electron chi connectivity index (χ2n) is 5.41. The SMILES string of the molecule is CC(C)(CBr)CN1C(=O)CCc2ccccc21. The molecule has 0 aliphatic carbocycles. The fourth-order valence-corrected chi connectivity index (χ4v) is 2.32. The fraction of sp³-hybridized carbons (Fsp3) is 0.500. The molecule has 0 atom stereocenters. The number of hydrogen-bond donors (Lipinski definition) is 0. The molecule has 0 saturated carbocycles. The zero-order chi connectivity index (χ0) is 12.5. The average molecular weight is 296 g/mol. The van der Waals surface area contributed by atoms with Gasteiger partial charge >= 0.3 is 0 Å². The van der Waals surface area contributed by atoms with Gasteiger partial charge in [0.25, 0.3) is 0 Å². The molecule has 0 radical (unpaired) electrons. The lowest BCUT2D eigenvalue weighted by Gasteiger charge is -2.35. The van der Waals surface area contributed by atoms with E-state index in [1.807, 2.05) is 17.0 Å². The Morgan fingerprint density at radius 1 is 1.29 bits per heavy atom. The van der Waals surface area contributed by atoms with Gasteiger partial charge in [0.1, 0.15) is 0 Å². The number of hydrogen-bond acceptors (Lipinski definition) is 1. The first-order chi connectivity index (χ1) is 8.03. The minimum absolute atomic E-state index is 0.0973. The van der Waals surface area contributed by atoms with Crippen LogP contribution in [0.25, 0.3) is 0 Å². The van der Waals surface area contributed by atoms with Crippen LogP contribution in [0.15, 0.2) is 24.3 Å². The van der Waals surface area contributed by atoms with Gasteiger partial charge in [-0.1, -0.05) is 48.0 Å². The Morgan fingerprint density at radius 3 is 2.71 bits per heavy atom. The minimum atomic E-state index is 0.0973. The van der Waals surface area contributed by atoms with Gasteiger partial charge in [0.2, 0.25) is 5.91 Å². The highest BCUT2D eigenvalue weighted by Gasteiger charge is 2.29. The summed E-state index contributed by atoms with van der Waals surface area (Å²) in [7, 11) is 0. The summed E-state index contributed by atoms with van der Waals surface area (Å²) < 4.78 is 0. The van der Waals surface area contributed by atoms with E-state index in [2.05, 4.69) is 41.9 Å². The second kappa shape index (κ2) is 4.81. The quantitative estimate of drug-likeness (QED) is 0.783. The maximum atomic E-state index is 12.1. The summed E-state index contributed by atoms with van der Waals surface area (Å²) >= 11 is 3.52. The zero-order valence-corrected chi connectivity index (χ0v) is 12.0. The van der Waals surface area contributed by atoms with Crippen LogP contribution in [-0.4, -0.2) is 17.8 Å². The van der Waals surface area contributed by atoms with Crippen molar-refractivity contribution >= 4 is 27.5 Å². The van der Waals surface area contributed by atoms with Gasteiger partial charge in [-0.15, -0.1) is 0 Å². The number of alkyl halides is 1. The van der Waals surface area contributed by atoms with Crippen molar-refractivity contribution in [3.05, 3.63) is 29.8 Å². The molecule has 0 spiro atoms. The lowest BCUT2D eigenvalue weighted by atomic mass is 9.93. The second-order valence-corrected chi connectivity index (χ2v) is 5.97. The number of halogens is 1. The third kappa shape index (κ3) is 2.71. The fourth-order valence-electron chi connectivity index (χ4n) is 2.14. The van der Waals surface area contributed by atoms with Gasteiger partial charge in [-0.25, -0.2) is 0 Å². The van der Waals surface area contributed by atoms with Gasteiger partial charge in [-0.3, -0.25) is 4.79 Å². The first-order valence-corrected chi connectivity index (χ1v) is 7.10. The van der Waals surface area contributed by atoms with Crippen molar-refractivity contribution in [2.24, 2.45) is 5.41 Å². The first-order valence-electron chi connectivity index (χ1n) is 5.98. The third-order valence-corrected chi connectivity index (χ3v) is 4.66. The van der Waals surface area contributed by atoms with Crippen LogP contribution in [0.2, 0.25) is 0 Å². The molecule has 3 heteroatoms. The Hall–Kier alpha value is -0.830. The van der Waals surface area contributed by atoms with Crippen molar-refractivity contribution < 1.29 is 4.79 Å². The van der Waals surface area contributed by atoms with Gasteiger partial charge in [0.05, 0.1) is 0 Å². The van der Waals surface area contributed by atoms with Gasteiger partial charge in [-0.05, 0) is 23.5 Å². The smallest absolute Gasteiger partial charge is 0.227 e. The Labute approximate surface area is 111 Å². The van der Waals surface area contributed by atoms with Crippen molar-refractivity contribution in [1.29, 1.82) is 0 Å². The van der Waals surface area contributed by atoms with E-state index in [0.717, 1.165) is 24.0 Å². The van der Waals surface area contributed by atoms with E-state index in [1.165, 1.54) is 5.56 Å². The molecule has 0 saturated heterocycles. The van der Waals surface area contributed by atoms with E-state index in [-0.39, 0.29) is 11.3 Å². The van der Waals surface area contributed by atoms with Gasteiger partial charge in [0.15, 0.2) is 0 Å². The van der Waals surface area contributed by atoms with Gasteiger partial charge in [-0.2, -0.15) is 0 Å². The van der Waals surface area contributed by atoms with E-state index in [0.29, 0.717) is 6.42 Å². The van der Waals surface area contributed by atoms with Crippen molar-refractivity contribution in [3.63, 3.8) is 0 Å². The average Bonchev–Trinajstić information content (AvgIpc) is 2.33. The largest absolute Gasteiger partial charge is 0.312 e. The molecule has 1 aromatic carbocycles. The van der Waals surface area contributed by atoms with Gasteiger partial charge < -0.3 is 4.90 Å². The Morgan fingerprint density at radius 2 is 2.00 bits per heavy atom. The predicted molar refractivity (Wildman–Crippen MR) is 74.7 cm³/mol. The summed E-state index contributed by atoms with van der Waals surface area (Å²) in [6.07, 6.45) is 1.51. The number of amides is 1. The number of para-hydroxylation sites is 1. The summed E-state index contributed by atoms with van der Waals surface area (Å²) in [6.45, 7) is 5.12. The highest BCUT2D eigenvalue weighted by Crippen LogP contribution is 2.31. The number of anilines is 1. The van der Waals surface area contributed by atoms with E-state index in [4.69, 9.17) is 0 Å². The summed E-state index contributed by atoms with van der Waals surface area (Å²) in [5.74, 6) is 0.248. The van der Waals surface area contributed by atoms with E-state index >= 15 is 0 Å². The number of rotatable bonds is 3. The molecule has 2 rings (SSSR count). The summed E-state index contributed by atoms with van der Waals surface area (Å²) in [6, 6.07) is 8.22.